The molecule has 0 bridgehead atoms. The molecule has 0 spiro atoms. The third-order valence-corrected chi connectivity index (χ3v) is 4.26. The van der Waals surface area contributed by atoms with Gasteiger partial charge in [0.15, 0.2) is 0 Å². The lowest BCUT2D eigenvalue weighted by Crippen LogP contribution is -2.18. The average molecular weight is 301 g/mol. The Balaban J connectivity index is 2.14. The zero-order valence-electron chi connectivity index (χ0n) is 14.8. The zero-order chi connectivity index (χ0) is 16.4. The molecule has 120 valence electrons. The van der Waals surface area contributed by atoms with Crippen LogP contribution in [0.25, 0.3) is 0 Å². The second-order valence-corrected chi connectivity index (χ2v) is 6.21. The van der Waals surface area contributed by atoms with Crippen molar-refractivity contribution in [1.82, 2.24) is 14.7 Å². The van der Waals surface area contributed by atoms with Gasteiger partial charge in [-0.15, -0.1) is 0 Å². The molecule has 2 aromatic rings. The largest absolute Gasteiger partial charge is 0.496 e. The molecule has 0 N–H and O–H groups in total. The average Bonchev–Trinajstić information content (AvgIpc) is 2.65. The maximum absolute atomic E-state index is 5.44. The van der Waals surface area contributed by atoms with Crippen LogP contribution in [0.2, 0.25) is 0 Å². The molecule has 2 rings (SSSR count). The van der Waals surface area contributed by atoms with E-state index >= 15 is 0 Å². The van der Waals surface area contributed by atoms with Gasteiger partial charge in [0.05, 0.1) is 12.8 Å². The number of hydrogen-bond donors (Lipinski definition) is 0. The molecule has 0 amide bonds. The molecule has 0 saturated heterocycles. The van der Waals surface area contributed by atoms with E-state index < -0.39 is 0 Å². The van der Waals surface area contributed by atoms with E-state index in [4.69, 9.17) is 4.74 Å². The monoisotopic (exact) mass is 301 g/mol. The lowest BCUT2D eigenvalue weighted by molar-refractivity contribution is 0.317. The van der Waals surface area contributed by atoms with Crippen molar-refractivity contribution in [3.63, 3.8) is 0 Å². The number of methoxy groups -OCH3 is 1. The summed E-state index contributed by atoms with van der Waals surface area (Å²) in [5.41, 5.74) is 7.39. The van der Waals surface area contributed by atoms with Gasteiger partial charge in [0.25, 0.3) is 0 Å². The van der Waals surface area contributed by atoms with Crippen LogP contribution in [0.15, 0.2) is 12.1 Å². The second-order valence-electron chi connectivity index (χ2n) is 6.21. The molecule has 1 heterocycles. The van der Waals surface area contributed by atoms with Crippen molar-refractivity contribution in [2.24, 2.45) is 7.05 Å². The van der Waals surface area contributed by atoms with Crippen LogP contribution in [-0.4, -0.2) is 28.8 Å². The molecule has 4 heteroatoms. The molecule has 0 unspecified atom stereocenters. The predicted molar refractivity (Wildman–Crippen MR) is 90.3 cm³/mol. The quantitative estimate of drug-likeness (QED) is 0.849. The van der Waals surface area contributed by atoms with Crippen LogP contribution in [-0.2, 0) is 20.1 Å². The number of aryl methyl sites for hydroxylation is 4. The molecule has 0 radical (unpaired) electrons. The number of aromatic nitrogens is 2. The van der Waals surface area contributed by atoms with Crippen molar-refractivity contribution in [3.05, 3.63) is 45.8 Å². The highest BCUT2D eigenvalue weighted by atomic mass is 16.5. The van der Waals surface area contributed by atoms with Crippen LogP contribution >= 0.6 is 0 Å². The minimum absolute atomic E-state index is 0.912. The highest BCUT2D eigenvalue weighted by Gasteiger charge is 2.13. The molecule has 0 aliphatic heterocycles. The van der Waals surface area contributed by atoms with E-state index in [1.165, 1.54) is 27.9 Å². The highest BCUT2D eigenvalue weighted by Crippen LogP contribution is 2.25. The van der Waals surface area contributed by atoms with Gasteiger partial charge in [0.2, 0.25) is 0 Å². The standard InChI is InChI=1S/C18H27N3O/c1-12-8-16(9-13(2)18(12)22-7)10-20(5)11-17-14(3)19-21(6)15(17)4/h8-9H,10-11H2,1-7H3. The van der Waals surface area contributed by atoms with E-state index in [9.17, 15) is 0 Å². The van der Waals surface area contributed by atoms with Crippen LogP contribution in [0.5, 0.6) is 5.75 Å². The SMILES string of the molecule is COc1c(C)cc(CN(C)Cc2c(C)nn(C)c2C)cc1C. The first kappa shape index (κ1) is 16.6. The molecular weight excluding hydrogens is 274 g/mol. The van der Waals surface area contributed by atoms with Gasteiger partial charge in [0, 0.05) is 31.4 Å². The van der Waals surface area contributed by atoms with Gasteiger partial charge in [-0.2, -0.15) is 5.10 Å². The predicted octanol–water partition coefficient (Wildman–Crippen LogP) is 3.29. The normalized spacial score (nSPS) is 11.3. The summed E-state index contributed by atoms with van der Waals surface area (Å²) in [5, 5.41) is 4.50. The van der Waals surface area contributed by atoms with E-state index in [0.717, 1.165) is 24.5 Å². The van der Waals surface area contributed by atoms with Crippen molar-refractivity contribution >= 4 is 0 Å². The van der Waals surface area contributed by atoms with E-state index in [0.29, 0.717) is 0 Å². The van der Waals surface area contributed by atoms with E-state index in [1.807, 2.05) is 11.7 Å². The Morgan fingerprint density at radius 1 is 1.09 bits per heavy atom. The van der Waals surface area contributed by atoms with Crippen molar-refractivity contribution in [2.75, 3.05) is 14.2 Å². The molecule has 0 fully saturated rings. The smallest absolute Gasteiger partial charge is 0.124 e. The summed E-state index contributed by atoms with van der Waals surface area (Å²) in [6, 6.07) is 4.43. The van der Waals surface area contributed by atoms with Gasteiger partial charge in [0.1, 0.15) is 5.75 Å². The fourth-order valence-corrected chi connectivity index (χ4v) is 3.14. The fraction of sp³-hybridized carbons (Fsp3) is 0.500. The first-order chi connectivity index (χ1) is 10.3. The van der Waals surface area contributed by atoms with Gasteiger partial charge in [-0.3, -0.25) is 9.58 Å². The number of rotatable bonds is 5. The maximum atomic E-state index is 5.44. The lowest BCUT2D eigenvalue weighted by atomic mass is 10.0. The minimum atomic E-state index is 0.912. The molecule has 0 saturated carbocycles. The summed E-state index contributed by atoms with van der Waals surface area (Å²) in [6.45, 7) is 10.2. The summed E-state index contributed by atoms with van der Waals surface area (Å²) in [4.78, 5) is 2.33. The van der Waals surface area contributed by atoms with Crippen LogP contribution in [0.4, 0.5) is 0 Å². The Hall–Kier alpha value is -1.81. The highest BCUT2D eigenvalue weighted by molar-refractivity contribution is 5.43. The molecule has 0 atom stereocenters. The van der Waals surface area contributed by atoms with Crippen molar-refractivity contribution in [1.29, 1.82) is 0 Å². The van der Waals surface area contributed by atoms with Gasteiger partial charge in [-0.25, -0.2) is 0 Å². The van der Waals surface area contributed by atoms with E-state index in [-0.39, 0.29) is 0 Å². The first-order valence-corrected chi connectivity index (χ1v) is 7.65. The molecule has 0 aliphatic rings. The summed E-state index contributed by atoms with van der Waals surface area (Å²) in [5.74, 6) is 0.991. The van der Waals surface area contributed by atoms with Crippen molar-refractivity contribution in [2.45, 2.75) is 40.8 Å². The minimum Gasteiger partial charge on any atom is -0.496 e. The molecule has 22 heavy (non-hydrogen) atoms. The number of ether oxygens (including phenoxy) is 1. The molecule has 1 aromatic carbocycles. The van der Waals surface area contributed by atoms with Crippen LogP contribution in [0.3, 0.4) is 0 Å². The van der Waals surface area contributed by atoms with E-state index in [2.05, 4.69) is 56.9 Å². The third-order valence-electron chi connectivity index (χ3n) is 4.26. The summed E-state index contributed by atoms with van der Waals surface area (Å²) >= 11 is 0. The van der Waals surface area contributed by atoms with E-state index in [1.54, 1.807) is 7.11 Å². The summed E-state index contributed by atoms with van der Waals surface area (Å²) < 4.78 is 7.40. The Morgan fingerprint density at radius 3 is 2.14 bits per heavy atom. The van der Waals surface area contributed by atoms with Gasteiger partial charge in [-0.1, -0.05) is 12.1 Å². The van der Waals surface area contributed by atoms with Crippen molar-refractivity contribution < 1.29 is 4.74 Å². The maximum Gasteiger partial charge on any atom is 0.124 e. The van der Waals surface area contributed by atoms with Gasteiger partial charge < -0.3 is 4.74 Å². The summed E-state index contributed by atoms with van der Waals surface area (Å²) in [6.07, 6.45) is 0. The van der Waals surface area contributed by atoms with Gasteiger partial charge >= 0.3 is 0 Å². The second kappa shape index (κ2) is 6.53. The topological polar surface area (TPSA) is 30.3 Å². The molecular formula is C18H27N3O. The Kier molecular flexibility index (Phi) is 4.91. The zero-order valence-corrected chi connectivity index (χ0v) is 14.8. The Morgan fingerprint density at radius 2 is 1.68 bits per heavy atom. The molecule has 1 aromatic heterocycles. The van der Waals surface area contributed by atoms with Crippen LogP contribution < -0.4 is 4.74 Å². The fourth-order valence-electron chi connectivity index (χ4n) is 3.14. The number of benzene rings is 1. The summed E-state index contributed by atoms with van der Waals surface area (Å²) in [7, 11) is 5.89. The van der Waals surface area contributed by atoms with Crippen LogP contribution in [0.1, 0.15) is 33.6 Å². The lowest BCUT2D eigenvalue weighted by Gasteiger charge is -2.19. The number of nitrogens with zero attached hydrogens (tertiary/aromatic N) is 3. The Bertz CT molecular complexity index is 650. The first-order valence-electron chi connectivity index (χ1n) is 7.65. The third kappa shape index (κ3) is 3.33. The molecule has 0 aliphatic carbocycles. The van der Waals surface area contributed by atoms with Gasteiger partial charge in [-0.05, 0) is 51.4 Å². The van der Waals surface area contributed by atoms with Crippen molar-refractivity contribution in [3.8, 4) is 5.75 Å². The van der Waals surface area contributed by atoms with Crippen LogP contribution in [0, 0.1) is 27.7 Å². The Labute approximate surface area is 133 Å². The molecule has 4 nitrogen and oxygen atoms in total. The number of hydrogen-bond acceptors (Lipinski definition) is 3.